The minimum Gasteiger partial charge on any atom is -0.342 e. The molecule has 0 N–H and O–H groups in total. The summed E-state index contributed by atoms with van der Waals surface area (Å²) in [7, 11) is 2.17. The smallest absolute Gasteiger partial charge is 0.114 e. The fraction of sp³-hybridized carbons (Fsp3) is 0.0345. The Labute approximate surface area is 231 Å². The molecule has 0 unspecified atom stereocenters. The molecular formula is C29H15N5S4. The third-order valence-corrected chi connectivity index (χ3v) is 10.9. The van der Waals surface area contributed by atoms with E-state index in [1.807, 2.05) is 22.7 Å². The number of nitrogens with zero attached hydrogens (tertiary/aromatic N) is 5. The van der Waals surface area contributed by atoms with Gasteiger partial charge in [0.1, 0.15) is 22.1 Å². The molecule has 0 atom stereocenters. The molecule has 0 aliphatic rings. The van der Waals surface area contributed by atoms with Gasteiger partial charge in [-0.05, 0) is 45.8 Å². The Bertz CT molecular complexity index is 2220. The zero-order chi connectivity index (χ0) is 25.0. The summed E-state index contributed by atoms with van der Waals surface area (Å²) in [5, 5.41) is 4.83. The van der Waals surface area contributed by atoms with Gasteiger partial charge in [0.05, 0.1) is 43.9 Å². The Hall–Kier alpha value is -3.76. The lowest BCUT2D eigenvalue weighted by Crippen LogP contribution is -1.86. The van der Waals surface area contributed by atoms with Gasteiger partial charge in [0.25, 0.3) is 0 Å². The van der Waals surface area contributed by atoms with E-state index in [2.05, 4.69) is 93.2 Å². The molecule has 5 aromatic heterocycles. The number of rotatable bonds is 2. The van der Waals surface area contributed by atoms with Gasteiger partial charge < -0.3 is 4.57 Å². The summed E-state index contributed by atoms with van der Waals surface area (Å²) in [6.07, 6.45) is 0. The quantitative estimate of drug-likeness (QED) is 0.211. The van der Waals surface area contributed by atoms with Crippen molar-refractivity contribution in [2.24, 2.45) is 7.05 Å². The Kier molecular flexibility index (Phi) is 4.26. The molecule has 0 saturated heterocycles. The Morgan fingerprint density at radius 3 is 1.55 bits per heavy atom. The molecule has 9 heteroatoms. The summed E-state index contributed by atoms with van der Waals surface area (Å²) in [6.45, 7) is 0. The number of hydrogen-bond donors (Lipinski definition) is 0. The molecule has 0 saturated carbocycles. The van der Waals surface area contributed by atoms with E-state index in [9.17, 15) is 0 Å². The maximum absolute atomic E-state index is 4.70. The van der Waals surface area contributed by atoms with E-state index >= 15 is 0 Å². The van der Waals surface area contributed by atoms with Crippen LogP contribution in [0.4, 0.5) is 0 Å². The molecule has 5 nitrogen and oxygen atoms in total. The van der Waals surface area contributed by atoms with Crippen LogP contribution in [0.1, 0.15) is 0 Å². The van der Waals surface area contributed by atoms with Crippen molar-refractivity contribution in [3.63, 3.8) is 0 Å². The minimum absolute atomic E-state index is 0.960. The lowest BCUT2D eigenvalue weighted by atomic mass is 10.0. The second-order valence-corrected chi connectivity index (χ2v) is 12.6. The Morgan fingerprint density at radius 1 is 0.579 bits per heavy atom. The number of benzene rings is 4. The number of aryl methyl sites for hydroxylation is 1. The first-order chi connectivity index (χ1) is 18.7. The molecule has 180 valence electrons. The van der Waals surface area contributed by atoms with Crippen molar-refractivity contribution in [2.75, 3.05) is 0 Å². The van der Waals surface area contributed by atoms with Gasteiger partial charge in [-0.25, -0.2) is 0 Å². The van der Waals surface area contributed by atoms with Gasteiger partial charge in [0.2, 0.25) is 0 Å². The van der Waals surface area contributed by atoms with Crippen molar-refractivity contribution in [3.8, 4) is 20.9 Å². The molecule has 0 bridgehead atoms. The van der Waals surface area contributed by atoms with E-state index in [0.29, 0.717) is 0 Å². The molecule has 38 heavy (non-hydrogen) atoms. The summed E-state index contributed by atoms with van der Waals surface area (Å²) in [5.41, 5.74) is 8.75. The van der Waals surface area contributed by atoms with Crippen molar-refractivity contribution < 1.29 is 0 Å². The highest BCUT2D eigenvalue weighted by atomic mass is 32.1. The fourth-order valence-electron chi connectivity index (χ4n) is 5.64. The van der Waals surface area contributed by atoms with Crippen LogP contribution < -0.4 is 0 Å². The number of fused-ring (bicyclic) bond motifs is 7. The Balaban J connectivity index is 1.33. The van der Waals surface area contributed by atoms with Crippen LogP contribution in [-0.2, 0) is 7.05 Å². The van der Waals surface area contributed by atoms with Gasteiger partial charge in [-0.3, -0.25) is 0 Å². The van der Waals surface area contributed by atoms with Gasteiger partial charge in [-0.2, -0.15) is 17.5 Å². The standard InChI is InChI=1S/C29H15N5S4/c1-34-20-12-22(24-16-8-4-2-6-14(16)10-18-26(24)32-37-30-18)35-28(20)29-21(34)13-23(36-29)25-17-9-5-3-7-15(17)11-19-27(25)33-38-31-19/h2-13H,1H3. The van der Waals surface area contributed by atoms with Crippen LogP contribution >= 0.6 is 46.1 Å². The number of hydrogen-bond acceptors (Lipinski definition) is 8. The maximum atomic E-state index is 4.70. The number of thiophene rings is 2. The van der Waals surface area contributed by atoms with Crippen LogP contribution in [0.15, 0.2) is 72.8 Å². The first-order valence-electron chi connectivity index (χ1n) is 12.0. The molecule has 0 aliphatic heterocycles. The summed E-state index contributed by atoms with van der Waals surface area (Å²) >= 11 is 6.27. The van der Waals surface area contributed by atoms with Crippen molar-refractivity contribution in [3.05, 3.63) is 72.8 Å². The lowest BCUT2D eigenvalue weighted by molar-refractivity contribution is 1.02. The van der Waals surface area contributed by atoms with E-state index in [4.69, 9.17) is 8.75 Å². The zero-order valence-electron chi connectivity index (χ0n) is 19.8. The molecule has 0 spiro atoms. The third kappa shape index (κ3) is 2.79. The summed E-state index contributed by atoms with van der Waals surface area (Å²) in [6, 6.07) is 26.0. The highest BCUT2D eigenvalue weighted by Gasteiger charge is 2.22. The van der Waals surface area contributed by atoms with Crippen molar-refractivity contribution in [1.29, 1.82) is 0 Å². The predicted octanol–water partition coefficient (Wildman–Crippen LogP) is 9.10. The van der Waals surface area contributed by atoms with Crippen molar-refractivity contribution >= 4 is 110 Å². The lowest BCUT2D eigenvalue weighted by Gasteiger charge is -2.05. The van der Waals surface area contributed by atoms with Gasteiger partial charge >= 0.3 is 0 Å². The Morgan fingerprint density at radius 2 is 1.05 bits per heavy atom. The molecule has 0 amide bonds. The second-order valence-electron chi connectivity index (χ2n) is 9.42. The van der Waals surface area contributed by atoms with E-state index in [-0.39, 0.29) is 0 Å². The third-order valence-electron chi connectivity index (χ3n) is 7.39. The summed E-state index contributed by atoms with van der Waals surface area (Å²) in [4.78, 5) is 2.46. The maximum Gasteiger partial charge on any atom is 0.114 e. The summed E-state index contributed by atoms with van der Waals surface area (Å²) in [5.74, 6) is 0. The molecule has 0 radical (unpaired) electrons. The highest BCUT2D eigenvalue weighted by molar-refractivity contribution is 7.30. The first-order valence-corrected chi connectivity index (χ1v) is 15.1. The van der Waals surface area contributed by atoms with Gasteiger partial charge in [-0.15, -0.1) is 22.7 Å². The summed E-state index contributed by atoms with van der Waals surface area (Å²) < 4.78 is 23.5. The second kappa shape index (κ2) is 7.64. The van der Waals surface area contributed by atoms with Gasteiger partial charge in [0.15, 0.2) is 0 Å². The van der Waals surface area contributed by atoms with E-state index in [0.717, 1.165) is 22.1 Å². The minimum atomic E-state index is 0.960. The highest BCUT2D eigenvalue weighted by Crippen LogP contribution is 2.48. The largest absolute Gasteiger partial charge is 0.342 e. The van der Waals surface area contributed by atoms with E-state index in [1.54, 1.807) is 0 Å². The molecule has 9 aromatic rings. The monoisotopic (exact) mass is 561 g/mol. The van der Waals surface area contributed by atoms with Crippen molar-refractivity contribution in [1.82, 2.24) is 22.1 Å². The van der Waals surface area contributed by atoms with Gasteiger partial charge in [0, 0.05) is 27.9 Å². The van der Waals surface area contributed by atoms with Crippen LogP contribution in [0.2, 0.25) is 0 Å². The molecule has 0 aliphatic carbocycles. The SMILES string of the molecule is Cn1c2cc(-c3c4ccccc4cc4nsnc34)sc2c2sc(-c3c4ccccc4cc4nsnc34)cc21. The van der Waals surface area contributed by atoms with Crippen LogP contribution in [-0.4, -0.2) is 22.1 Å². The topological polar surface area (TPSA) is 56.5 Å². The molecule has 4 aromatic carbocycles. The average Bonchev–Trinajstić information content (AvgIpc) is 3.76. The fourth-order valence-corrected chi connectivity index (χ4v) is 9.35. The van der Waals surface area contributed by atoms with Crippen molar-refractivity contribution in [2.45, 2.75) is 0 Å². The van der Waals surface area contributed by atoms with Crippen LogP contribution in [0, 0.1) is 0 Å². The van der Waals surface area contributed by atoms with Crippen LogP contribution in [0.3, 0.4) is 0 Å². The van der Waals surface area contributed by atoms with Crippen LogP contribution in [0.25, 0.3) is 84.9 Å². The number of aromatic nitrogens is 5. The molecule has 0 fully saturated rings. The van der Waals surface area contributed by atoms with Gasteiger partial charge in [-0.1, -0.05) is 48.5 Å². The normalized spacial score (nSPS) is 12.3. The van der Waals surface area contributed by atoms with Crippen LogP contribution in [0.5, 0.6) is 0 Å². The molecular weight excluding hydrogens is 547 g/mol. The molecule has 9 rings (SSSR count). The van der Waals surface area contributed by atoms with E-state index < -0.39 is 0 Å². The predicted molar refractivity (Wildman–Crippen MR) is 164 cm³/mol. The van der Waals surface area contributed by atoms with E-state index in [1.165, 1.54) is 86.3 Å². The zero-order valence-corrected chi connectivity index (χ0v) is 23.1. The molecule has 5 heterocycles. The first kappa shape index (κ1) is 21.2. The average molecular weight is 562 g/mol.